The summed E-state index contributed by atoms with van der Waals surface area (Å²) < 4.78 is 5.69. The molecule has 1 aromatic rings. The molecule has 0 aromatic heterocycles. The van der Waals surface area contributed by atoms with E-state index in [0.29, 0.717) is 24.4 Å². The van der Waals surface area contributed by atoms with Crippen LogP contribution >= 0.6 is 0 Å². The lowest BCUT2D eigenvalue weighted by Gasteiger charge is -2.33. The van der Waals surface area contributed by atoms with Gasteiger partial charge in [-0.1, -0.05) is 6.92 Å². The van der Waals surface area contributed by atoms with Gasteiger partial charge in [-0.3, -0.25) is 9.59 Å². The maximum atomic E-state index is 12.5. The van der Waals surface area contributed by atoms with Crippen molar-refractivity contribution in [2.24, 2.45) is 0 Å². The second kappa shape index (κ2) is 8.15. The van der Waals surface area contributed by atoms with Crippen molar-refractivity contribution >= 4 is 23.2 Å². The van der Waals surface area contributed by atoms with E-state index >= 15 is 0 Å². The van der Waals surface area contributed by atoms with Crippen molar-refractivity contribution in [1.29, 1.82) is 0 Å². The average molecular weight is 333 g/mol. The lowest BCUT2D eigenvalue weighted by molar-refractivity contribution is -0.125. The Morgan fingerprint density at radius 2 is 2.12 bits per heavy atom. The minimum atomic E-state index is -0.489. The zero-order valence-corrected chi connectivity index (χ0v) is 15.0. The first-order valence-corrected chi connectivity index (χ1v) is 8.49. The van der Waals surface area contributed by atoms with Crippen LogP contribution in [0.4, 0.5) is 11.4 Å². The SMILES string of the molecule is CCCC(=O)Nc1ccc2c(c1)N(CCCN(C)C)C(=O)C(C)O2. The van der Waals surface area contributed by atoms with E-state index in [1.807, 2.05) is 39.2 Å². The Bertz CT molecular complexity index is 601. The van der Waals surface area contributed by atoms with Gasteiger partial charge in [-0.25, -0.2) is 0 Å². The monoisotopic (exact) mass is 333 g/mol. The summed E-state index contributed by atoms with van der Waals surface area (Å²) in [5.74, 6) is 0.617. The summed E-state index contributed by atoms with van der Waals surface area (Å²) in [5, 5.41) is 2.87. The first-order chi connectivity index (χ1) is 11.4. The lowest BCUT2D eigenvalue weighted by atomic mass is 10.1. The molecule has 0 saturated carbocycles. The summed E-state index contributed by atoms with van der Waals surface area (Å²) in [7, 11) is 4.03. The summed E-state index contributed by atoms with van der Waals surface area (Å²) >= 11 is 0. The van der Waals surface area contributed by atoms with Crippen LogP contribution in [0.3, 0.4) is 0 Å². The first-order valence-electron chi connectivity index (χ1n) is 8.49. The molecule has 1 aliphatic heterocycles. The predicted octanol–water partition coefficient (Wildman–Crippen LogP) is 2.49. The molecule has 1 aromatic carbocycles. The highest BCUT2D eigenvalue weighted by Crippen LogP contribution is 2.36. The highest BCUT2D eigenvalue weighted by molar-refractivity contribution is 6.01. The lowest BCUT2D eigenvalue weighted by Crippen LogP contribution is -2.45. The van der Waals surface area contributed by atoms with Crippen LogP contribution in [-0.2, 0) is 9.59 Å². The molecule has 0 spiro atoms. The summed E-state index contributed by atoms with van der Waals surface area (Å²) in [5.41, 5.74) is 1.42. The van der Waals surface area contributed by atoms with Crippen molar-refractivity contribution in [1.82, 2.24) is 4.90 Å². The molecule has 1 heterocycles. The fraction of sp³-hybridized carbons (Fsp3) is 0.556. The summed E-state index contributed by atoms with van der Waals surface area (Å²) in [4.78, 5) is 28.2. The van der Waals surface area contributed by atoms with E-state index in [9.17, 15) is 9.59 Å². The van der Waals surface area contributed by atoms with Gasteiger partial charge in [0.05, 0.1) is 5.69 Å². The Morgan fingerprint density at radius 3 is 2.79 bits per heavy atom. The third-order valence-electron chi connectivity index (χ3n) is 3.92. The summed E-state index contributed by atoms with van der Waals surface area (Å²) in [6.45, 7) is 5.26. The molecule has 1 aliphatic rings. The largest absolute Gasteiger partial charge is 0.479 e. The van der Waals surface area contributed by atoms with Crippen molar-refractivity contribution in [3.8, 4) is 5.75 Å². The van der Waals surface area contributed by atoms with E-state index in [-0.39, 0.29) is 11.8 Å². The summed E-state index contributed by atoms with van der Waals surface area (Å²) in [6, 6.07) is 5.45. The summed E-state index contributed by atoms with van der Waals surface area (Å²) in [6.07, 6.45) is 1.66. The number of hydrogen-bond donors (Lipinski definition) is 1. The number of hydrogen-bond acceptors (Lipinski definition) is 4. The number of nitrogens with one attached hydrogen (secondary N) is 1. The van der Waals surface area contributed by atoms with Gasteiger partial charge in [0.1, 0.15) is 5.75 Å². The molecule has 1 unspecified atom stereocenters. The maximum Gasteiger partial charge on any atom is 0.267 e. The van der Waals surface area contributed by atoms with Gasteiger partial charge in [0.15, 0.2) is 6.10 Å². The molecular formula is C18H27N3O3. The third-order valence-corrected chi connectivity index (χ3v) is 3.92. The van der Waals surface area contributed by atoms with Crippen LogP contribution < -0.4 is 15.0 Å². The number of fused-ring (bicyclic) bond motifs is 1. The zero-order chi connectivity index (χ0) is 17.7. The number of benzene rings is 1. The smallest absolute Gasteiger partial charge is 0.267 e. The van der Waals surface area contributed by atoms with Crippen molar-refractivity contribution in [3.05, 3.63) is 18.2 Å². The van der Waals surface area contributed by atoms with E-state index in [1.54, 1.807) is 11.8 Å². The normalized spacial score (nSPS) is 16.8. The van der Waals surface area contributed by atoms with E-state index in [1.165, 1.54) is 0 Å². The third kappa shape index (κ3) is 4.47. The van der Waals surface area contributed by atoms with Gasteiger partial charge in [0.2, 0.25) is 5.91 Å². The van der Waals surface area contributed by atoms with Crippen molar-refractivity contribution < 1.29 is 14.3 Å². The van der Waals surface area contributed by atoms with Gasteiger partial charge in [-0.15, -0.1) is 0 Å². The van der Waals surface area contributed by atoms with Crippen LogP contribution in [0, 0.1) is 0 Å². The molecule has 0 bridgehead atoms. The first kappa shape index (κ1) is 18.3. The van der Waals surface area contributed by atoms with Crippen LogP contribution in [0.5, 0.6) is 5.75 Å². The second-order valence-electron chi connectivity index (χ2n) is 6.39. The van der Waals surface area contributed by atoms with Gasteiger partial charge in [0, 0.05) is 18.7 Å². The Kier molecular flexibility index (Phi) is 6.20. The van der Waals surface area contributed by atoms with Gasteiger partial charge in [0.25, 0.3) is 5.91 Å². The Hall–Kier alpha value is -2.08. The molecule has 2 rings (SSSR count). The Labute approximate surface area is 143 Å². The second-order valence-corrected chi connectivity index (χ2v) is 6.39. The van der Waals surface area contributed by atoms with Crippen LogP contribution in [0.15, 0.2) is 18.2 Å². The quantitative estimate of drug-likeness (QED) is 0.833. The Balaban J connectivity index is 2.20. The van der Waals surface area contributed by atoms with Gasteiger partial charge >= 0.3 is 0 Å². The van der Waals surface area contributed by atoms with Crippen molar-refractivity contribution in [3.63, 3.8) is 0 Å². The Morgan fingerprint density at radius 1 is 1.38 bits per heavy atom. The van der Waals surface area contributed by atoms with Gasteiger partial charge in [-0.2, -0.15) is 0 Å². The van der Waals surface area contributed by atoms with Gasteiger partial charge < -0.3 is 19.9 Å². The van der Waals surface area contributed by atoms with Crippen LogP contribution in [0.1, 0.15) is 33.1 Å². The molecule has 6 nitrogen and oxygen atoms in total. The molecule has 24 heavy (non-hydrogen) atoms. The molecule has 132 valence electrons. The molecule has 1 N–H and O–H groups in total. The molecule has 0 fully saturated rings. The topological polar surface area (TPSA) is 61.9 Å². The molecule has 0 saturated heterocycles. The average Bonchev–Trinajstić information content (AvgIpc) is 2.51. The van der Waals surface area contributed by atoms with Crippen LogP contribution in [0.25, 0.3) is 0 Å². The molecule has 6 heteroatoms. The number of rotatable bonds is 7. The van der Waals surface area contributed by atoms with Crippen molar-refractivity contribution in [2.45, 2.75) is 39.2 Å². The van der Waals surface area contributed by atoms with Crippen LogP contribution in [0.2, 0.25) is 0 Å². The van der Waals surface area contributed by atoms with E-state index in [2.05, 4.69) is 10.2 Å². The molecule has 0 aliphatic carbocycles. The fourth-order valence-corrected chi connectivity index (χ4v) is 2.71. The van der Waals surface area contributed by atoms with E-state index < -0.39 is 6.10 Å². The zero-order valence-electron chi connectivity index (χ0n) is 15.0. The number of anilines is 2. The number of amides is 2. The van der Waals surface area contributed by atoms with Crippen molar-refractivity contribution in [2.75, 3.05) is 37.4 Å². The molecule has 2 amide bonds. The highest BCUT2D eigenvalue weighted by atomic mass is 16.5. The number of nitrogens with zero attached hydrogens (tertiary/aromatic N) is 2. The standard InChI is InChI=1S/C18H27N3O3/c1-5-7-17(22)19-14-8-9-16-15(12-14)21(11-6-10-20(3)4)18(23)13(2)24-16/h8-9,12-13H,5-7,10-11H2,1-4H3,(H,19,22). The fourth-order valence-electron chi connectivity index (χ4n) is 2.71. The van der Waals surface area contributed by atoms with E-state index in [4.69, 9.17) is 4.74 Å². The predicted molar refractivity (Wildman–Crippen MR) is 95.6 cm³/mol. The molecule has 1 atom stereocenters. The maximum absolute atomic E-state index is 12.5. The minimum Gasteiger partial charge on any atom is -0.479 e. The number of ether oxygens (including phenoxy) is 1. The molecular weight excluding hydrogens is 306 g/mol. The van der Waals surface area contributed by atoms with Crippen LogP contribution in [-0.4, -0.2) is 50.0 Å². The number of carbonyl (C=O) groups excluding carboxylic acids is 2. The highest BCUT2D eigenvalue weighted by Gasteiger charge is 2.31. The molecule has 0 radical (unpaired) electrons. The number of carbonyl (C=O) groups is 2. The minimum absolute atomic E-state index is 0.0203. The van der Waals surface area contributed by atoms with Gasteiger partial charge in [-0.05, 0) is 58.6 Å². The van der Waals surface area contributed by atoms with E-state index in [0.717, 1.165) is 25.1 Å².